The van der Waals surface area contributed by atoms with Crippen LogP contribution in [-0.2, 0) is 9.59 Å². The molecule has 5 aliphatic heterocycles. The van der Waals surface area contributed by atoms with Gasteiger partial charge in [-0.05, 0) is 81.0 Å². The van der Waals surface area contributed by atoms with Crippen LogP contribution in [0.3, 0.4) is 0 Å². The number of ether oxygens (including phenoxy) is 2. The third-order valence-corrected chi connectivity index (χ3v) is 15.4. The molecule has 4 aromatic rings. The predicted molar refractivity (Wildman–Crippen MR) is 250 cm³/mol. The van der Waals surface area contributed by atoms with Gasteiger partial charge in [-0.25, -0.2) is 4.79 Å². The van der Waals surface area contributed by atoms with Gasteiger partial charge in [0.2, 0.25) is 11.8 Å². The zero-order valence-corrected chi connectivity index (χ0v) is 38.0. The first-order valence-corrected chi connectivity index (χ1v) is 23.6. The third kappa shape index (κ3) is 8.01. The number of nitrogens with two attached hydrogens (primary N) is 1. The summed E-state index contributed by atoms with van der Waals surface area (Å²) < 4.78 is 12.9. The number of aromatic nitrogens is 2. The maximum Gasteiger partial charge on any atom is 0.319 e. The predicted octanol–water partition coefficient (Wildman–Crippen LogP) is 4.74. The van der Waals surface area contributed by atoms with Crippen LogP contribution in [0, 0.1) is 0 Å². The number of piperidine rings is 3. The van der Waals surface area contributed by atoms with Gasteiger partial charge < -0.3 is 49.7 Å². The Bertz CT molecular complexity index is 2460. The van der Waals surface area contributed by atoms with Crippen LogP contribution in [0.15, 0.2) is 72.8 Å². The van der Waals surface area contributed by atoms with E-state index >= 15 is 0 Å². The fourth-order valence-corrected chi connectivity index (χ4v) is 11.3. The number of phenolic OH excluding ortho intramolecular Hbond substituents is 1. The number of hydrogen-bond donors (Lipinski definition) is 3. The van der Waals surface area contributed by atoms with Gasteiger partial charge in [-0.1, -0.05) is 24.3 Å². The smallest absolute Gasteiger partial charge is 0.319 e. The highest BCUT2D eigenvalue weighted by Gasteiger charge is 2.48. The van der Waals surface area contributed by atoms with E-state index in [0.29, 0.717) is 49.7 Å². The molecule has 1 saturated carbocycles. The molecule has 1 aliphatic carbocycles. The summed E-state index contributed by atoms with van der Waals surface area (Å²) in [6, 6.07) is 23.8. The molecule has 3 aromatic carbocycles. The number of anilines is 5. The largest absolute Gasteiger partial charge is 0.507 e. The molecule has 6 heterocycles. The summed E-state index contributed by atoms with van der Waals surface area (Å²) in [5.41, 5.74) is 11.4. The third-order valence-electron chi connectivity index (χ3n) is 14.7. The van der Waals surface area contributed by atoms with Crippen LogP contribution in [0.2, 0.25) is 0 Å². The minimum Gasteiger partial charge on any atom is -0.507 e. The fraction of sp³-hybridized carbons (Fsp3) is 0.479. The number of phenols is 1. The highest BCUT2D eigenvalue weighted by molar-refractivity contribution is 6.33. The Kier molecular flexibility index (Phi) is 11.4. The van der Waals surface area contributed by atoms with Crippen molar-refractivity contribution >= 4 is 56.7 Å². The van der Waals surface area contributed by atoms with Gasteiger partial charge in [0, 0.05) is 95.5 Å². The van der Waals surface area contributed by atoms with E-state index < -0.39 is 5.16 Å². The number of amides is 4. The number of fused-ring (bicyclic) bond motifs is 1. The van der Waals surface area contributed by atoms with Crippen molar-refractivity contribution in [2.45, 2.75) is 80.6 Å². The van der Waals surface area contributed by atoms with Crippen molar-refractivity contribution in [1.29, 1.82) is 0 Å². The van der Waals surface area contributed by atoms with Crippen LogP contribution in [0.5, 0.6) is 17.2 Å². The van der Waals surface area contributed by atoms with Crippen LogP contribution in [0.4, 0.5) is 33.4 Å². The molecule has 4 N–H and O–H groups in total. The van der Waals surface area contributed by atoms with Crippen molar-refractivity contribution in [2.75, 3.05) is 91.3 Å². The van der Waals surface area contributed by atoms with Crippen LogP contribution < -0.4 is 40.1 Å². The summed E-state index contributed by atoms with van der Waals surface area (Å²) in [4.78, 5) is 52.0. The van der Waals surface area contributed by atoms with Gasteiger partial charge in [-0.15, -0.1) is 10.2 Å². The number of hydrogen-bond acceptors (Lipinski definition) is 13. The molecule has 17 heteroatoms. The molecule has 0 unspecified atom stereocenters. The second-order valence-corrected chi connectivity index (χ2v) is 19.3. The van der Waals surface area contributed by atoms with Crippen molar-refractivity contribution in [3.05, 3.63) is 72.8 Å². The number of carbonyl (C=O) groups is 3. The molecule has 10 rings (SSSR count). The summed E-state index contributed by atoms with van der Waals surface area (Å²) in [6.45, 7) is 6.13. The minimum atomic E-state index is -1.02. The van der Waals surface area contributed by atoms with E-state index in [9.17, 15) is 19.5 Å². The molecular weight excluding hydrogens is 841 g/mol. The fourth-order valence-electron chi connectivity index (χ4n) is 10.9. The van der Waals surface area contributed by atoms with Gasteiger partial charge in [0.25, 0.3) is 0 Å². The van der Waals surface area contributed by atoms with E-state index in [0.717, 1.165) is 112 Å². The average molecular weight is 898 g/mol. The quantitative estimate of drug-likeness (QED) is 0.164. The standard InChI is InChI=1S/C48H57N10O6Si/c1-53(32-14-21-54(22-15-32)38-10-5-11-39-43(38)63-28-27-58(39)48(65)20-13-42(60)50-45(48)61)46(62)55-23-16-34(17-24-55)64-35-8-4-7-33(29-35)57-26-25-56(31-47(57)18-6-19-47)40-30-37(51-52-44(40)49)36-9-2-3-12-41(36)59/h2-5,7-12,29-30,32,34,59H,6,13-28,31H2,1H3,(H2,49,52)(H,50,60,61)/t48-/m0/s1. The molecule has 1 aromatic heterocycles. The van der Waals surface area contributed by atoms with Crippen molar-refractivity contribution in [3.8, 4) is 28.5 Å². The topological polar surface area (TPSA) is 173 Å². The maximum absolute atomic E-state index is 13.9. The number of rotatable bonds is 8. The Morgan fingerprint density at radius 1 is 0.862 bits per heavy atom. The highest BCUT2D eigenvalue weighted by atomic mass is 28.1. The van der Waals surface area contributed by atoms with Gasteiger partial charge in [0.1, 0.15) is 29.4 Å². The first-order chi connectivity index (χ1) is 31.5. The van der Waals surface area contributed by atoms with Gasteiger partial charge in [0.05, 0.1) is 45.1 Å². The summed E-state index contributed by atoms with van der Waals surface area (Å²) in [7, 11) is 5.70. The number of nitrogens with zero attached hydrogens (tertiary/aromatic N) is 8. The Hall–Kier alpha value is -6.23. The monoisotopic (exact) mass is 897 g/mol. The number of benzene rings is 3. The van der Waals surface area contributed by atoms with Crippen molar-refractivity contribution in [2.24, 2.45) is 0 Å². The summed E-state index contributed by atoms with van der Waals surface area (Å²) in [5, 5.41) is 20.5. The summed E-state index contributed by atoms with van der Waals surface area (Å²) >= 11 is 0. The van der Waals surface area contributed by atoms with E-state index in [1.54, 1.807) is 12.1 Å². The molecule has 3 radical (unpaired) electrons. The molecule has 5 fully saturated rings. The molecule has 4 amide bonds. The van der Waals surface area contributed by atoms with Crippen LogP contribution in [0.25, 0.3) is 11.3 Å². The van der Waals surface area contributed by atoms with E-state index in [2.05, 4.69) is 64.7 Å². The van der Waals surface area contributed by atoms with Gasteiger partial charge in [0.15, 0.2) is 11.6 Å². The lowest BCUT2D eigenvalue weighted by Crippen LogP contribution is -2.66. The normalized spacial score (nSPS) is 22.5. The maximum atomic E-state index is 13.9. The minimum absolute atomic E-state index is 0.0157. The zero-order valence-electron chi connectivity index (χ0n) is 37.0. The van der Waals surface area contributed by atoms with Gasteiger partial charge in [-0.3, -0.25) is 14.9 Å². The van der Waals surface area contributed by atoms with Crippen LogP contribution in [-0.4, -0.2) is 142 Å². The SMILES string of the molecule is CN(C(=O)N1CCC(Oc2cccc(N3CCN(c4cc(-c5ccccc5O)nnc4N)CC34CCC4)c2)CC1)C1CCN(c2cccc3c2OCCN3[C@]2([Si])CCC(=O)NC2=O)CC1. The van der Waals surface area contributed by atoms with Crippen molar-refractivity contribution < 1.29 is 29.0 Å². The Labute approximate surface area is 383 Å². The molecule has 65 heavy (non-hydrogen) atoms. The molecule has 4 saturated heterocycles. The van der Waals surface area contributed by atoms with E-state index in [1.165, 1.54) is 0 Å². The summed E-state index contributed by atoms with van der Waals surface area (Å²) in [5.74, 6) is 1.53. The number of carbonyl (C=O) groups excluding carboxylic acids is 3. The van der Waals surface area contributed by atoms with E-state index in [-0.39, 0.29) is 47.7 Å². The average Bonchev–Trinajstić information content (AvgIpc) is 3.32. The molecule has 6 aliphatic rings. The van der Waals surface area contributed by atoms with Crippen molar-refractivity contribution in [3.63, 3.8) is 0 Å². The number of nitrogen functional groups attached to an aromatic ring is 1. The lowest BCUT2D eigenvalue weighted by molar-refractivity contribution is -0.135. The summed E-state index contributed by atoms with van der Waals surface area (Å²) in [6.07, 6.45) is 7.14. The van der Waals surface area contributed by atoms with E-state index in [4.69, 9.17) is 15.2 Å². The number of likely N-dealkylation sites (tertiary alicyclic amines) is 1. The van der Waals surface area contributed by atoms with Gasteiger partial charge in [-0.2, -0.15) is 0 Å². The molecule has 16 nitrogen and oxygen atoms in total. The number of aromatic hydroxyl groups is 1. The van der Waals surface area contributed by atoms with Crippen LogP contribution >= 0.6 is 0 Å². The van der Waals surface area contributed by atoms with Crippen LogP contribution in [0.1, 0.15) is 57.8 Å². The number of para-hydroxylation sites is 2. The van der Waals surface area contributed by atoms with Crippen molar-refractivity contribution in [1.82, 2.24) is 25.3 Å². The first kappa shape index (κ1) is 42.7. The highest BCUT2D eigenvalue weighted by Crippen LogP contribution is 2.47. The lowest BCUT2D eigenvalue weighted by atomic mass is 9.73. The first-order valence-electron chi connectivity index (χ1n) is 23.1. The lowest BCUT2D eigenvalue weighted by Gasteiger charge is -2.57. The number of imide groups is 1. The second kappa shape index (κ2) is 17.3. The van der Waals surface area contributed by atoms with Gasteiger partial charge >= 0.3 is 6.03 Å². The molecule has 0 bridgehead atoms. The molecule has 339 valence electrons. The Morgan fingerprint density at radius 3 is 2.38 bits per heavy atom. The Balaban J connectivity index is 0.725. The Morgan fingerprint density at radius 2 is 1.63 bits per heavy atom. The second-order valence-electron chi connectivity index (χ2n) is 18.4. The number of urea groups is 1. The number of nitrogens with one attached hydrogen (secondary N) is 1. The molecule has 1 atom stereocenters. The zero-order chi connectivity index (χ0) is 44.9. The number of piperazine rings is 1. The molecule has 1 spiro atoms. The molecular formula is C48H57N10O6Si. The van der Waals surface area contributed by atoms with E-state index in [1.807, 2.05) is 58.1 Å².